The molecule has 17 heavy (non-hydrogen) atoms. The van der Waals surface area contributed by atoms with Crippen LogP contribution in [0.4, 0.5) is 0 Å². The molecule has 1 fully saturated rings. The summed E-state index contributed by atoms with van der Waals surface area (Å²) >= 11 is 0. The molecule has 1 aliphatic rings. The number of Topliss-reactive ketones (excluding diaryl/α,β-unsaturated/α-hetero) is 1. The van der Waals surface area contributed by atoms with E-state index in [1.165, 1.54) is 6.26 Å². The van der Waals surface area contributed by atoms with Crippen LogP contribution in [0.25, 0.3) is 0 Å². The number of rotatable bonds is 3. The molecule has 92 valence electrons. The number of nitrogens with zero attached hydrogens (tertiary/aromatic N) is 1. The number of likely N-dealkylation sites (tertiary alicyclic amines) is 1. The fourth-order valence-electron chi connectivity index (χ4n) is 2.23. The Labute approximate surface area is 101 Å². The smallest absolute Gasteiger partial charge is 0.290 e. The van der Waals surface area contributed by atoms with Crippen LogP contribution in [0, 0.1) is 5.92 Å². The first-order chi connectivity index (χ1) is 8.11. The molecule has 1 saturated heterocycles. The topological polar surface area (TPSA) is 50.5 Å². The first-order valence-corrected chi connectivity index (χ1v) is 5.99. The lowest BCUT2D eigenvalue weighted by atomic mass is 10.00. The maximum absolute atomic E-state index is 12.1. The number of amides is 1. The van der Waals surface area contributed by atoms with E-state index < -0.39 is 0 Å². The number of carbonyl (C=O) groups is 2. The van der Waals surface area contributed by atoms with Gasteiger partial charge in [0.05, 0.1) is 12.3 Å². The summed E-state index contributed by atoms with van der Waals surface area (Å²) in [6.07, 6.45) is 3.13. The van der Waals surface area contributed by atoms with Crippen molar-refractivity contribution < 1.29 is 14.0 Å². The molecule has 1 aromatic rings. The van der Waals surface area contributed by atoms with E-state index in [0.717, 1.165) is 12.8 Å². The number of hydrogen-bond donors (Lipinski definition) is 0. The third kappa shape index (κ3) is 2.25. The Hall–Kier alpha value is -1.58. The van der Waals surface area contributed by atoms with Crippen molar-refractivity contribution in [1.82, 2.24) is 4.90 Å². The van der Waals surface area contributed by atoms with Gasteiger partial charge in [0.2, 0.25) is 0 Å². The Bertz CT molecular complexity index is 408. The van der Waals surface area contributed by atoms with E-state index in [2.05, 4.69) is 0 Å². The van der Waals surface area contributed by atoms with Crippen molar-refractivity contribution in [2.75, 3.05) is 6.54 Å². The zero-order valence-corrected chi connectivity index (χ0v) is 10.2. The lowest BCUT2D eigenvalue weighted by molar-refractivity contribution is -0.125. The van der Waals surface area contributed by atoms with Gasteiger partial charge in [0.25, 0.3) is 5.91 Å². The Morgan fingerprint density at radius 1 is 1.47 bits per heavy atom. The van der Waals surface area contributed by atoms with Crippen molar-refractivity contribution in [2.45, 2.75) is 32.7 Å². The molecule has 1 aliphatic heterocycles. The average Bonchev–Trinajstić information content (AvgIpc) is 2.97. The van der Waals surface area contributed by atoms with Crippen molar-refractivity contribution in [3.8, 4) is 0 Å². The maximum atomic E-state index is 12.1. The van der Waals surface area contributed by atoms with Crippen LogP contribution < -0.4 is 0 Å². The van der Waals surface area contributed by atoms with Gasteiger partial charge in [-0.15, -0.1) is 0 Å². The van der Waals surface area contributed by atoms with Gasteiger partial charge in [-0.2, -0.15) is 0 Å². The Balaban J connectivity index is 2.15. The lowest BCUT2D eigenvalue weighted by Crippen LogP contribution is -2.42. The Kier molecular flexibility index (Phi) is 3.31. The molecule has 1 aromatic heterocycles. The van der Waals surface area contributed by atoms with Crippen molar-refractivity contribution in [3.63, 3.8) is 0 Å². The number of furan rings is 1. The summed E-state index contributed by atoms with van der Waals surface area (Å²) in [5.74, 6) is 0.243. The molecular formula is C13H17NO3. The molecule has 2 rings (SSSR count). The summed E-state index contributed by atoms with van der Waals surface area (Å²) in [7, 11) is 0. The van der Waals surface area contributed by atoms with Gasteiger partial charge in [0, 0.05) is 12.5 Å². The molecule has 2 heterocycles. The van der Waals surface area contributed by atoms with Gasteiger partial charge in [0.15, 0.2) is 11.5 Å². The highest BCUT2D eigenvalue weighted by Gasteiger charge is 2.36. The van der Waals surface area contributed by atoms with Crippen molar-refractivity contribution in [1.29, 1.82) is 0 Å². The zero-order valence-electron chi connectivity index (χ0n) is 10.2. The molecule has 1 amide bonds. The minimum atomic E-state index is -0.271. The largest absolute Gasteiger partial charge is 0.459 e. The molecular weight excluding hydrogens is 218 g/mol. The molecule has 4 nitrogen and oxygen atoms in total. The zero-order chi connectivity index (χ0) is 12.4. The van der Waals surface area contributed by atoms with Gasteiger partial charge in [-0.1, -0.05) is 13.8 Å². The molecule has 0 saturated carbocycles. The standard InChI is InChI=1S/C13H17NO3/c1-9(2)12(15)10-5-3-7-14(10)13(16)11-6-4-8-17-11/h4,6,8-10H,3,5,7H2,1-2H3/t10-/m0/s1. The molecule has 4 heteroatoms. The van der Waals surface area contributed by atoms with E-state index >= 15 is 0 Å². The molecule has 0 bridgehead atoms. The third-order valence-electron chi connectivity index (χ3n) is 3.14. The summed E-state index contributed by atoms with van der Waals surface area (Å²) in [5, 5.41) is 0. The normalized spacial score (nSPS) is 19.9. The first kappa shape index (κ1) is 11.9. The number of hydrogen-bond acceptors (Lipinski definition) is 3. The van der Waals surface area contributed by atoms with E-state index in [1.807, 2.05) is 13.8 Å². The molecule has 1 atom stereocenters. The summed E-state index contributed by atoms with van der Waals surface area (Å²) in [5.41, 5.74) is 0. The number of ketones is 1. The van der Waals surface area contributed by atoms with E-state index in [1.54, 1.807) is 17.0 Å². The monoisotopic (exact) mass is 235 g/mol. The van der Waals surface area contributed by atoms with Gasteiger partial charge >= 0.3 is 0 Å². The van der Waals surface area contributed by atoms with Crippen LogP contribution in [0.15, 0.2) is 22.8 Å². The van der Waals surface area contributed by atoms with E-state index in [0.29, 0.717) is 12.3 Å². The first-order valence-electron chi connectivity index (χ1n) is 5.99. The van der Waals surface area contributed by atoms with Crippen LogP contribution >= 0.6 is 0 Å². The highest BCUT2D eigenvalue weighted by Crippen LogP contribution is 2.23. The van der Waals surface area contributed by atoms with Crippen molar-refractivity contribution in [2.24, 2.45) is 5.92 Å². The van der Waals surface area contributed by atoms with Crippen LogP contribution in [0.2, 0.25) is 0 Å². The predicted octanol–water partition coefficient (Wildman–Crippen LogP) is 2.11. The Morgan fingerprint density at radius 2 is 2.24 bits per heavy atom. The lowest BCUT2D eigenvalue weighted by Gasteiger charge is -2.23. The summed E-state index contributed by atoms with van der Waals surface area (Å²) in [6.45, 7) is 4.38. The van der Waals surface area contributed by atoms with Gasteiger partial charge in [-0.3, -0.25) is 9.59 Å². The highest BCUT2D eigenvalue weighted by atomic mass is 16.3. The molecule has 0 aromatic carbocycles. The van der Waals surface area contributed by atoms with Crippen LogP contribution in [0.3, 0.4) is 0 Å². The third-order valence-corrected chi connectivity index (χ3v) is 3.14. The molecule has 0 spiro atoms. The second-order valence-corrected chi connectivity index (χ2v) is 4.69. The van der Waals surface area contributed by atoms with Crippen molar-refractivity contribution in [3.05, 3.63) is 24.2 Å². The van der Waals surface area contributed by atoms with Crippen LogP contribution in [-0.2, 0) is 4.79 Å². The average molecular weight is 235 g/mol. The highest BCUT2D eigenvalue weighted by molar-refractivity contribution is 5.96. The quantitative estimate of drug-likeness (QED) is 0.806. The SMILES string of the molecule is CC(C)C(=O)[C@@H]1CCCN1C(=O)c1ccco1. The summed E-state index contributed by atoms with van der Waals surface area (Å²) in [4.78, 5) is 25.8. The molecule has 0 N–H and O–H groups in total. The van der Waals surface area contributed by atoms with E-state index in [-0.39, 0.29) is 23.7 Å². The fourth-order valence-corrected chi connectivity index (χ4v) is 2.23. The maximum Gasteiger partial charge on any atom is 0.290 e. The van der Waals surface area contributed by atoms with E-state index in [4.69, 9.17) is 4.42 Å². The summed E-state index contributed by atoms with van der Waals surface area (Å²) < 4.78 is 5.09. The number of carbonyl (C=O) groups excluding carboxylic acids is 2. The van der Waals surface area contributed by atoms with Crippen LogP contribution in [0.5, 0.6) is 0 Å². The van der Waals surface area contributed by atoms with Crippen molar-refractivity contribution >= 4 is 11.7 Å². The minimum Gasteiger partial charge on any atom is -0.459 e. The predicted molar refractivity (Wildman–Crippen MR) is 62.6 cm³/mol. The van der Waals surface area contributed by atoms with Gasteiger partial charge in [-0.25, -0.2) is 0 Å². The molecule has 0 unspecified atom stereocenters. The second-order valence-electron chi connectivity index (χ2n) is 4.69. The fraction of sp³-hybridized carbons (Fsp3) is 0.538. The summed E-state index contributed by atoms with van der Waals surface area (Å²) in [6, 6.07) is 3.05. The van der Waals surface area contributed by atoms with Gasteiger partial charge in [0.1, 0.15) is 0 Å². The molecule has 0 aliphatic carbocycles. The minimum absolute atomic E-state index is 0.0370. The van der Waals surface area contributed by atoms with Crippen LogP contribution in [-0.4, -0.2) is 29.2 Å². The second kappa shape index (κ2) is 4.73. The van der Waals surface area contributed by atoms with Gasteiger partial charge < -0.3 is 9.32 Å². The van der Waals surface area contributed by atoms with Gasteiger partial charge in [-0.05, 0) is 25.0 Å². The van der Waals surface area contributed by atoms with E-state index in [9.17, 15) is 9.59 Å². The molecule has 0 radical (unpaired) electrons. The Morgan fingerprint density at radius 3 is 2.82 bits per heavy atom. The van der Waals surface area contributed by atoms with Crippen LogP contribution in [0.1, 0.15) is 37.2 Å².